The maximum atomic E-state index is 4.56. The third kappa shape index (κ3) is 1.49. The summed E-state index contributed by atoms with van der Waals surface area (Å²) in [6, 6.07) is 10.3. The van der Waals surface area contributed by atoms with E-state index in [4.69, 9.17) is 0 Å². The third-order valence-electron chi connectivity index (χ3n) is 2.85. The Bertz CT molecular complexity index is 520. The third-order valence-corrected chi connectivity index (χ3v) is 2.85. The molecule has 16 heavy (non-hydrogen) atoms. The van der Waals surface area contributed by atoms with Crippen molar-refractivity contribution in [3.63, 3.8) is 0 Å². The van der Waals surface area contributed by atoms with Crippen molar-refractivity contribution in [3.05, 3.63) is 47.4 Å². The van der Waals surface area contributed by atoms with Crippen molar-refractivity contribution in [1.29, 1.82) is 0 Å². The van der Waals surface area contributed by atoms with E-state index in [-0.39, 0.29) is 0 Å². The van der Waals surface area contributed by atoms with Crippen molar-refractivity contribution < 1.29 is 0 Å². The van der Waals surface area contributed by atoms with Crippen molar-refractivity contribution in [2.24, 2.45) is 0 Å². The molecule has 0 amide bonds. The van der Waals surface area contributed by atoms with Gasteiger partial charge in [-0.25, -0.2) is 9.97 Å². The van der Waals surface area contributed by atoms with E-state index in [1.807, 2.05) is 25.1 Å². The van der Waals surface area contributed by atoms with Crippen LogP contribution in [-0.2, 0) is 13.1 Å². The zero-order chi connectivity index (χ0) is 11.0. The summed E-state index contributed by atoms with van der Waals surface area (Å²) in [6.07, 6.45) is 0. The molecule has 2 heterocycles. The van der Waals surface area contributed by atoms with E-state index in [0.717, 1.165) is 30.3 Å². The molecule has 0 radical (unpaired) electrons. The summed E-state index contributed by atoms with van der Waals surface area (Å²) in [7, 11) is 0. The van der Waals surface area contributed by atoms with Crippen molar-refractivity contribution in [2.45, 2.75) is 20.0 Å². The summed E-state index contributed by atoms with van der Waals surface area (Å²) in [5.41, 5.74) is 4.64. The van der Waals surface area contributed by atoms with Crippen molar-refractivity contribution in [1.82, 2.24) is 15.3 Å². The van der Waals surface area contributed by atoms with Gasteiger partial charge >= 0.3 is 0 Å². The van der Waals surface area contributed by atoms with E-state index >= 15 is 0 Å². The number of aryl methyl sites for hydroxylation is 1. The molecule has 0 bridgehead atoms. The predicted molar refractivity (Wildman–Crippen MR) is 62.7 cm³/mol. The molecular weight excluding hydrogens is 198 g/mol. The van der Waals surface area contributed by atoms with Gasteiger partial charge in [-0.2, -0.15) is 0 Å². The van der Waals surface area contributed by atoms with Crippen LogP contribution < -0.4 is 5.32 Å². The van der Waals surface area contributed by atoms with E-state index in [1.54, 1.807) is 0 Å². The first-order chi connectivity index (χ1) is 7.84. The minimum Gasteiger partial charge on any atom is -0.307 e. The molecule has 1 aromatic heterocycles. The molecule has 0 unspecified atom stereocenters. The summed E-state index contributed by atoms with van der Waals surface area (Å²) >= 11 is 0. The molecule has 0 aliphatic carbocycles. The summed E-state index contributed by atoms with van der Waals surface area (Å²) in [4.78, 5) is 9.03. The molecular formula is C13H13N3. The fraction of sp³-hybridized carbons (Fsp3) is 0.231. The smallest absolute Gasteiger partial charge is 0.126 e. The number of benzene rings is 1. The van der Waals surface area contributed by atoms with E-state index in [9.17, 15) is 0 Å². The second-order valence-electron chi connectivity index (χ2n) is 4.01. The van der Waals surface area contributed by atoms with Gasteiger partial charge in [0.05, 0.1) is 11.4 Å². The molecule has 1 N–H and O–H groups in total. The van der Waals surface area contributed by atoms with Gasteiger partial charge in [-0.3, -0.25) is 0 Å². The molecule has 80 valence electrons. The number of nitrogens with one attached hydrogen (secondary N) is 1. The Morgan fingerprint density at radius 1 is 1.06 bits per heavy atom. The molecule has 3 nitrogen and oxygen atoms in total. The minimum atomic E-state index is 0.848. The second kappa shape index (κ2) is 3.68. The lowest BCUT2D eigenvalue weighted by Gasteiger charge is -2.07. The normalized spacial score (nSPS) is 13.8. The number of hydrogen-bond donors (Lipinski definition) is 1. The maximum Gasteiger partial charge on any atom is 0.126 e. The first-order valence-corrected chi connectivity index (χ1v) is 5.47. The largest absolute Gasteiger partial charge is 0.307 e. The zero-order valence-electron chi connectivity index (χ0n) is 9.20. The Hall–Kier alpha value is -1.74. The molecule has 0 atom stereocenters. The Labute approximate surface area is 94.6 Å². The average Bonchev–Trinajstić information content (AvgIpc) is 2.77. The second-order valence-corrected chi connectivity index (χ2v) is 4.01. The fourth-order valence-corrected chi connectivity index (χ4v) is 2.13. The van der Waals surface area contributed by atoms with Crippen LogP contribution in [0.25, 0.3) is 11.3 Å². The molecule has 3 rings (SSSR count). The van der Waals surface area contributed by atoms with Gasteiger partial charge in [-0.05, 0) is 6.92 Å². The van der Waals surface area contributed by atoms with Crippen molar-refractivity contribution in [3.8, 4) is 11.3 Å². The molecule has 3 heteroatoms. The van der Waals surface area contributed by atoms with Crippen LogP contribution in [0, 0.1) is 6.92 Å². The fourth-order valence-electron chi connectivity index (χ4n) is 2.13. The van der Waals surface area contributed by atoms with Crippen LogP contribution in [0.1, 0.15) is 17.1 Å². The highest BCUT2D eigenvalue weighted by Gasteiger charge is 2.18. The molecule has 1 aliphatic heterocycles. The highest BCUT2D eigenvalue weighted by atomic mass is 15.0. The van der Waals surface area contributed by atoms with Gasteiger partial charge in [0.15, 0.2) is 0 Å². The lowest BCUT2D eigenvalue weighted by Crippen LogP contribution is -2.00. The average molecular weight is 211 g/mol. The van der Waals surface area contributed by atoms with Gasteiger partial charge in [-0.15, -0.1) is 0 Å². The Morgan fingerprint density at radius 3 is 2.69 bits per heavy atom. The van der Waals surface area contributed by atoms with Crippen LogP contribution in [0.5, 0.6) is 0 Å². The molecule has 0 spiro atoms. The highest BCUT2D eigenvalue weighted by Crippen LogP contribution is 2.26. The lowest BCUT2D eigenvalue weighted by atomic mass is 10.1. The number of hydrogen-bond acceptors (Lipinski definition) is 3. The molecule has 0 fully saturated rings. The van der Waals surface area contributed by atoms with Gasteiger partial charge in [0.25, 0.3) is 0 Å². The van der Waals surface area contributed by atoms with Crippen LogP contribution in [0.3, 0.4) is 0 Å². The summed E-state index contributed by atoms with van der Waals surface area (Å²) < 4.78 is 0. The maximum absolute atomic E-state index is 4.56. The van der Waals surface area contributed by atoms with Crippen LogP contribution in [0.15, 0.2) is 30.3 Å². The van der Waals surface area contributed by atoms with Crippen molar-refractivity contribution >= 4 is 0 Å². The summed E-state index contributed by atoms with van der Waals surface area (Å²) in [5.74, 6) is 0.848. The first kappa shape index (κ1) is 9.48. The van der Waals surface area contributed by atoms with Gasteiger partial charge < -0.3 is 5.32 Å². The van der Waals surface area contributed by atoms with Crippen LogP contribution >= 0.6 is 0 Å². The van der Waals surface area contributed by atoms with Crippen LogP contribution in [0.4, 0.5) is 0 Å². The highest BCUT2D eigenvalue weighted by molar-refractivity contribution is 5.64. The van der Waals surface area contributed by atoms with Gasteiger partial charge in [0.2, 0.25) is 0 Å². The Kier molecular flexibility index (Phi) is 2.18. The number of aromatic nitrogens is 2. The standard InChI is InChI=1S/C13H13N3/c1-9-15-12-8-14-7-11(12)13(16-9)10-5-3-2-4-6-10/h2-6,14H,7-8H2,1H3. The minimum absolute atomic E-state index is 0.848. The number of rotatable bonds is 1. The number of nitrogens with zero attached hydrogens (tertiary/aromatic N) is 2. The first-order valence-electron chi connectivity index (χ1n) is 5.47. The molecule has 0 saturated carbocycles. The lowest BCUT2D eigenvalue weighted by molar-refractivity contribution is 0.757. The SMILES string of the molecule is Cc1nc2c(c(-c3ccccc3)n1)CNC2. The monoisotopic (exact) mass is 211 g/mol. The van der Waals surface area contributed by atoms with Gasteiger partial charge in [0, 0.05) is 24.2 Å². The number of fused-ring (bicyclic) bond motifs is 1. The van der Waals surface area contributed by atoms with Gasteiger partial charge in [-0.1, -0.05) is 30.3 Å². The quantitative estimate of drug-likeness (QED) is 0.784. The molecule has 1 aromatic carbocycles. The molecule has 0 saturated heterocycles. The van der Waals surface area contributed by atoms with E-state index in [0.29, 0.717) is 0 Å². The van der Waals surface area contributed by atoms with E-state index in [2.05, 4.69) is 27.4 Å². The topological polar surface area (TPSA) is 37.8 Å². The van der Waals surface area contributed by atoms with Crippen molar-refractivity contribution in [2.75, 3.05) is 0 Å². The zero-order valence-corrected chi connectivity index (χ0v) is 9.20. The van der Waals surface area contributed by atoms with Gasteiger partial charge in [0.1, 0.15) is 5.82 Å². The Balaban J connectivity index is 2.21. The summed E-state index contributed by atoms with van der Waals surface area (Å²) in [6.45, 7) is 3.68. The molecule has 1 aliphatic rings. The molecule has 2 aromatic rings. The summed E-state index contributed by atoms with van der Waals surface area (Å²) in [5, 5.41) is 3.32. The van der Waals surface area contributed by atoms with Crippen LogP contribution in [0.2, 0.25) is 0 Å². The van der Waals surface area contributed by atoms with E-state index in [1.165, 1.54) is 11.1 Å². The van der Waals surface area contributed by atoms with E-state index < -0.39 is 0 Å². The Morgan fingerprint density at radius 2 is 1.88 bits per heavy atom. The predicted octanol–water partition coefficient (Wildman–Crippen LogP) is 2.06. The van der Waals surface area contributed by atoms with Crippen LogP contribution in [-0.4, -0.2) is 9.97 Å².